The van der Waals surface area contributed by atoms with Crippen molar-refractivity contribution < 1.29 is 22.8 Å². The fraction of sp³-hybridized carbons (Fsp3) is 0.115. The van der Waals surface area contributed by atoms with E-state index in [0.717, 1.165) is 6.07 Å². The molecule has 10 nitrogen and oxygen atoms in total. The molecule has 0 saturated heterocycles. The van der Waals surface area contributed by atoms with Crippen molar-refractivity contribution >= 4 is 34.7 Å². The van der Waals surface area contributed by atoms with E-state index in [1.165, 1.54) is 53.5 Å². The fourth-order valence-electron chi connectivity index (χ4n) is 4.18. The molecule has 3 aromatic carbocycles. The molecule has 0 bridgehead atoms. The number of rotatable bonds is 7. The lowest BCUT2D eigenvalue weighted by atomic mass is 9.98. The molecule has 1 aliphatic heterocycles. The molecule has 4 aromatic rings. The van der Waals surface area contributed by atoms with E-state index >= 15 is 0 Å². The van der Waals surface area contributed by atoms with Crippen molar-refractivity contribution in [1.82, 2.24) is 25.7 Å². The van der Waals surface area contributed by atoms with Gasteiger partial charge in [0.15, 0.2) is 0 Å². The molecule has 2 heterocycles. The number of halogens is 4. The lowest BCUT2D eigenvalue weighted by Gasteiger charge is -2.24. The molecule has 0 saturated carbocycles. The van der Waals surface area contributed by atoms with Crippen LogP contribution in [0.5, 0.6) is 0 Å². The van der Waals surface area contributed by atoms with Crippen LogP contribution in [-0.2, 0) is 22.4 Å². The summed E-state index contributed by atoms with van der Waals surface area (Å²) in [4.78, 5) is 19.4. The van der Waals surface area contributed by atoms with Gasteiger partial charge in [0.25, 0.3) is 5.91 Å². The SMILES string of the molecule is N=C(N)c1cccc(C2=CC(Cn3cnnn3)(C(=O)Nc3ccc(-c4ccccc4C(F)(F)F)cc3Cl)ON2)c1. The van der Waals surface area contributed by atoms with Crippen LogP contribution in [0.1, 0.15) is 16.7 Å². The third kappa shape index (κ3) is 5.37. The molecule has 0 spiro atoms. The first-order chi connectivity index (χ1) is 19.1. The van der Waals surface area contributed by atoms with Gasteiger partial charge in [-0.2, -0.15) is 13.2 Å². The van der Waals surface area contributed by atoms with Gasteiger partial charge in [-0.25, -0.2) is 4.68 Å². The Hall–Kier alpha value is -4.75. The number of carbonyl (C=O) groups is 1. The third-order valence-corrected chi connectivity index (χ3v) is 6.45. The number of nitrogens with one attached hydrogen (secondary N) is 3. The number of nitrogens with two attached hydrogens (primary N) is 1. The summed E-state index contributed by atoms with van der Waals surface area (Å²) in [6, 6.07) is 16.1. The maximum atomic E-state index is 13.6. The highest BCUT2D eigenvalue weighted by Gasteiger charge is 2.44. The fourth-order valence-corrected chi connectivity index (χ4v) is 4.41. The summed E-state index contributed by atoms with van der Waals surface area (Å²) in [5.41, 5.74) is 7.71. The zero-order chi connectivity index (χ0) is 28.5. The number of tetrazole rings is 1. The lowest BCUT2D eigenvalue weighted by Crippen LogP contribution is -2.47. The minimum Gasteiger partial charge on any atom is -0.384 e. The molecule has 1 aromatic heterocycles. The van der Waals surface area contributed by atoms with Crippen LogP contribution in [0, 0.1) is 5.41 Å². The van der Waals surface area contributed by atoms with E-state index in [9.17, 15) is 18.0 Å². The molecule has 1 amide bonds. The van der Waals surface area contributed by atoms with Crippen LogP contribution in [0.3, 0.4) is 0 Å². The lowest BCUT2D eigenvalue weighted by molar-refractivity contribution is -0.140. The summed E-state index contributed by atoms with van der Waals surface area (Å²) in [6.45, 7) is -0.136. The maximum absolute atomic E-state index is 13.6. The van der Waals surface area contributed by atoms with Crippen LogP contribution in [0.4, 0.5) is 18.9 Å². The summed E-state index contributed by atoms with van der Waals surface area (Å²) < 4.78 is 41.9. The molecule has 1 aliphatic rings. The van der Waals surface area contributed by atoms with Crippen molar-refractivity contribution in [3.05, 3.63) is 101 Å². The average molecular weight is 569 g/mol. The number of aromatic nitrogens is 4. The first-order valence-electron chi connectivity index (χ1n) is 11.7. The highest BCUT2D eigenvalue weighted by Crippen LogP contribution is 2.39. The normalized spacial score (nSPS) is 16.8. The highest BCUT2D eigenvalue weighted by atomic mass is 35.5. The zero-order valence-corrected chi connectivity index (χ0v) is 21.2. The highest BCUT2D eigenvalue weighted by molar-refractivity contribution is 6.34. The number of carbonyl (C=O) groups excluding carboxylic acids is 1. The van der Waals surface area contributed by atoms with Crippen molar-refractivity contribution in [1.29, 1.82) is 5.41 Å². The van der Waals surface area contributed by atoms with Crippen LogP contribution in [-0.4, -0.2) is 37.6 Å². The van der Waals surface area contributed by atoms with Crippen molar-refractivity contribution in [3.8, 4) is 11.1 Å². The van der Waals surface area contributed by atoms with Crippen LogP contribution in [0.25, 0.3) is 16.8 Å². The van der Waals surface area contributed by atoms with E-state index in [4.69, 9.17) is 27.6 Å². The second kappa shape index (κ2) is 10.4. The maximum Gasteiger partial charge on any atom is 0.417 e. The minimum atomic E-state index is -4.56. The van der Waals surface area contributed by atoms with Gasteiger partial charge in [0.05, 0.1) is 28.5 Å². The Morgan fingerprint density at radius 2 is 1.93 bits per heavy atom. The third-order valence-electron chi connectivity index (χ3n) is 6.14. The van der Waals surface area contributed by atoms with Gasteiger partial charge in [0.2, 0.25) is 5.60 Å². The molecule has 14 heteroatoms. The van der Waals surface area contributed by atoms with Gasteiger partial charge in [-0.15, -0.1) is 5.10 Å². The topological polar surface area (TPSA) is 144 Å². The molecular formula is C26H20ClF3N8O2. The quantitative estimate of drug-likeness (QED) is 0.193. The second-order valence-electron chi connectivity index (χ2n) is 8.85. The van der Waals surface area contributed by atoms with Crippen molar-refractivity contribution in [2.24, 2.45) is 5.73 Å². The van der Waals surface area contributed by atoms with Gasteiger partial charge >= 0.3 is 6.18 Å². The largest absolute Gasteiger partial charge is 0.417 e. The molecular weight excluding hydrogens is 549 g/mol. The van der Waals surface area contributed by atoms with E-state index in [1.807, 2.05) is 0 Å². The Morgan fingerprint density at radius 1 is 1.12 bits per heavy atom. The molecule has 40 heavy (non-hydrogen) atoms. The molecule has 5 rings (SSSR count). The van der Waals surface area contributed by atoms with Gasteiger partial charge in [-0.05, 0) is 51.9 Å². The standard InChI is InChI=1S/C26H20ClF3N8O2/c27-20-11-15(18-6-1-2-7-19(18)26(28,29)30)8-9-21(20)34-24(39)25(13-38-14-33-36-37-38)12-22(35-40-25)16-4-3-5-17(10-16)23(31)32/h1-12,14,35H,13H2,(H3,31,32)(H,34,39). The Bertz CT molecular complexity index is 1620. The first kappa shape index (κ1) is 26.8. The molecule has 0 aliphatic carbocycles. The number of nitrogen functional groups attached to an aromatic ring is 1. The van der Waals surface area contributed by atoms with Crippen LogP contribution < -0.4 is 16.5 Å². The molecule has 5 N–H and O–H groups in total. The zero-order valence-electron chi connectivity index (χ0n) is 20.4. The van der Waals surface area contributed by atoms with Crippen LogP contribution in [0.2, 0.25) is 5.02 Å². The number of amides is 1. The van der Waals surface area contributed by atoms with Crippen molar-refractivity contribution in [2.45, 2.75) is 18.3 Å². The number of alkyl halides is 3. The number of anilines is 1. The number of hydroxylamine groups is 1. The number of benzene rings is 3. The number of nitrogens with zero attached hydrogens (tertiary/aromatic N) is 4. The van der Waals surface area contributed by atoms with Crippen molar-refractivity contribution in [2.75, 3.05) is 5.32 Å². The monoisotopic (exact) mass is 568 g/mol. The molecule has 1 atom stereocenters. The average Bonchev–Trinajstić information content (AvgIpc) is 3.60. The summed E-state index contributed by atoms with van der Waals surface area (Å²) in [5, 5.41) is 21.4. The molecule has 0 radical (unpaired) electrons. The van der Waals surface area contributed by atoms with E-state index in [0.29, 0.717) is 16.8 Å². The summed E-state index contributed by atoms with van der Waals surface area (Å²) in [7, 11) is 0. The van der Waals surface area contributed by atoms with Crippen LogP contribution >= 0.6 is 11.6 Å². The number of hydrogen-bond donors (Lipinski definition) is 4. The number of amidine groups is 1. The Kier molecular flexibility index (Phi) is 7.00. The van der Waals surface area contributed by atoms with Crippen molar-refractivity contribution in [3.63, 3.8) is 0 Å². The predicted molar refractivity (Wildman–Crippen MR) is 141 cm³/mol. The van der Waals surface area contributed by atoms with E-state index in [1.54, 1.807) is 24.3 Å². The molecule has 1 unspecified atom stereocenters. The van der Waals surface area contributed by atoms with Gasteiger partial charge in [0.1, 0.15) is 12.2 Å². The van der Waals surface area contributed by atoms with E-state index < -0.39 is 23.2 Å². The predicted octanol–water partition coefficient (Wildman–Crippen LogP) is 4.25. The Morgan fingerprint density at radius 3 is 2.62 bits per heavy atom. The van der Waals surface area contributed by atoms with E-state index in [2.05, 4.69) is 26.3 Å². The van der Waals surface area contributed by atoms with E-state index in [-0.39, 0.29) is 34.2 Å². The van der Waals surface area contributed by atoms with Crippen LogP contribution in [0.15, 0.2) is 79.1 Å². The molecule has 0 fully saturated rings. The first-order valence-corrected chi connectivity index (χ1v) is 12.0. The van der Waals surface area contributed by atoms with Gasteiger partial charge in [0, 0.05) is 11.1 Å². The van der Waals surface area contributed by atoms with Gasteiger partial charge in [-0.1, -0.05) is 54.1 Å². The smallest absolute Gasteiger partial charge is 0.384 e. The molecule has 204 valence electrons. The summed E-state index contributed by atoms with van der Waals surface area (Å²) in [6.07, 6.45) is -1.72. The second-order valence-corrected chi connectivity index (χ2v) is 9.25. The Balaban J connectivity index is 1.46. The summed E-state index contributed by atoms with van der Waals surface area (Å²) in [5.74, 6) is -0.784. The van der Waals surface area contributed by atoms with Gasteiger partial charge in [-0.3, -0.25) is 20.5 Å². The minimum absolute atomic E-state index is 0.0183. The Labute approximate surface area is 230 Å². The number of hydrogen-bond acceptors (Lipinski definition) is 7. The summed E-state index contributed by atoms with van der Waals surface area (Å²) >= 11 is 6.42. The van der Waals surface area contributed by atoms with Gasteiger partial charge < -0.3 is 11.1 Å².